The fourth-order valence-corrected chi connectivity index (χ4v) is 1.22. The molecular weight excluding hydrogens is 182 g/mol. The van der Waals surface area contributed by atoms with Gasteiger partial charge in [-0.1, -0.05) is 5.92 Å². The highest BCUT2D eigenvalue weighted by Crippen LogP contribution is 2.04. The second-order valence-electron chi connectivity index (χ2n) is 2.80. The van der Waals surface area contributed by atoms with E-state index >= 15 is 0 Å². The van der Waals surface area contributed by atoms with Gasteiger partial charge in [-0.25, -0.2) is 4.79 Å². The number of piperazine rings is 1. The summed E-state index contributed by atoms with van der Waals surface area (Å²) >= 11 is 0. The van der Waals surface area contributed by atoms with E-state index in [1.165, 1.54) is 4.90 Å². The van der Waals surface area contributed by atoms with Crippen LogP contribution in [0.15, 0.2) is 0 Å². The standard InChI is InChI=1S/C9H11N3O2/c1-2-5-14-9(13)12-4-3-11-7-8(12)6-10/h1,8,11H,3-5,7H2. The molecule has 1 aliphatic rings. The first-order valence-electron chi connectivity index (χ1n) is 4.26. The van der Waals surface area contributed by atoms with E-state index in [0.717, 1.165) is 0 Å². The van der Waals surface area contributed by atoms with Gasteiger partial charge < -0.3 is 10.1 Å². The fraction of sp³-hybridized carbons (Fsp3) is 0.556. The van der Waals surface area contributed by atoms with E-state index in [1.807, 2.05) is 6.07 Å². The normalized spacial score (nSPS) is 20.7. The minimum atomic E-state index is -0.518. The lowest BCUT2D eigenvalue weighted by molar-refractivity contribution is 0.0977. The van der Waals surface area contributed by atoms with Crippen LogP contribution >= 0.6 is 0 Å². The molecule has 0 aromatic heterocycles. The van der Waals surface area contributed by atoms with Crippen LogP contribution in [0.5, 0.6) is 0 Å². The van der Waals surface area contributed by atoms with Gasteiger partial charge in [-0.15, -0.1) is 6.42 Å². The Morgan fingerprint density at radius 1 is 1.79 bits per heavy atom. The third kappa shape index (κ3) is 2.38. The quantitative estimate of drug-likeness (QED) is 0.573. The molecule has 5 nitrogen and oxygen atoms in total. The van der Waals surface area contributed by atoms with Gasteiger partial charge in [0, 0.05) is 19.6 Å². The summed E-state index contributed by atoms with van der Waals surface area (Å²) in [4.78, 5) is 12.7. The molecule has 1 aliphatic heterocycles. The van der Waals surface area contributed by atoms with Crippen LogP contribution < -0.4 is 5.32 Å². The van der Waals surface area contributed by atoms with Gasteiger partial charge in [0.1, 0.15) is 6.04 Å². The number of carbonyl (C=O) groups is 1. The molecule has 0 aromatic rings. The Hall–Kier alpha value is -1.72. The first-order valence-corrected chi connectivity index (χ1v) is 4.26. The van der Waals surface area contributed by atoms with Gasteiger partial charge in [0.15, 0.2) is 6.61 Å². The summed E-state index contributed by atoms with van der Waals surface area (Å²) in [7, 11) is 0. The predicted molar refractivity (Wildman–Crippen MR) is 49.2 cm³/mol. The third-order valence-electron chi connectivity index (χ3n) is 1.91. The third-order valence-corrected chi connectivity index (χ3v) is 1.91. The number of hydrogen-bond acceptors (Lipinski definition) is 4. The zero-order valence-electron chi connectivity index (χ0n) is 7.69. The average Bonchev–Trinajstić information content (AvgIpc) is 2.25. The Morgan fingerprint density at radius 2 is 2.57 bits per heavy atom. The van der Waals surface area contributed by atoms with Gasteiger partial charge in [0.25, 0.3) is 0 Å². The van der Waals surface area contributed by atoms with Crippen LogP contribution in [0.25, 0.3) is 0 Å². The summed E-state index contributed by atoms with van der Waals surface area (Å²) in [6.07, 6.45) is 4.43. The number of terminal acetylenes is 1. The summed E-state index contributed by atoms with van der Waals surface area (Å²) in [5.41, 5.74) is 0. The number of nitriles is 1. The molecule has 1 N–H and O–H groups in total. The molecule has 0 spiro atoms. The van der Waals surface area contributed by atoms with E-state index in [2.05, 4.69) is 11.2 Å². The summed E-state index contributed by atoms with van der Waals surface area (Å²) in [6, 6.07) is 1.56. The number of amides is 1. The monoisotopic (exact) mass is 193 g/mol. The Morgan fingerprint density at radius 3 is 3.21 bits per heavy atom. The van der Waals surface area contributed by atoms with Crippen molar-refractivity contribution in [3.8, 4) is 18.4 Å². The summed E-state index contributed by atoms with van der Waals surface area (Å²) in [6.45, 7) is 1.56. The summed E-state index contributed by atoms with van der Waals surface area (Å²) in [5.74, 6) is 2.20. The lowest BCUT2D eigenvalue weighted by Gasteiger charge is -2.30. The van der Waals surface area contributed by atoms with Crippen molar-refractivity contribution in [1.29, 1.82) is 5.26 Å². The van der Waals surface area contributed by atoms with Crippen LogP contribution in [0, 0.1) is 23.7 Å². The van der Waals surface area contributed by atoms with Gasteiger partial charge >= 0.3 is 6.09 Å². The van der Waals surface area contributed by atoms with Crippen LogP contribution in [0.1, 0.15) is 0 Å². The van der Waals surface area contributed by atoms with Gasteiger partial charge in [-0.3, -0.25) is 4.90 Å². The molecule has 1 atom stereocenters. The minimum absolute atomic E-state index is 0.0547. The van der Waals surface area contributed by atoms with Crippen molar-refractivity contribution in [2.75, 3.05) is 26.2 Å². The Bertz CT molecular complexity index is 289. The summed E-state index contributed by atoms with van der Waals surface area (Å²) in [5, 5.41) is 11.8. The summed E-state index contributed by atoms with van der Waals surface area (Å²) < 4.78 is 4.73. The number of nitrogens with one attached hydrogen (secondary N) is 1. The second-order valence-corrected chi connectivity index (χ2v) is 2.80. The van der Waals surface area contributed by atoms with Crippen molar-refractivity contribution in [3.05, 3.63) is 0 Å². The number of rotatable bonds is 1. The maximum Gasteiger partial charge on any atom is 0.411 e. The number of carbonyl (C=O) groups excluding carboxylic acids is 1. The first kappa shape index (κ1) is 10.4. The highest BCUT2D eigenvalue weighted by molar-refractivity contribution is 5.69. The van der Waals surface area contributed by atoms with Crippen LogP contribution in [0.4, 0.5) is 4.79 Å². The molecular formula is C9H11N3O2. The van der Waals surface area contributed by atoms with Crippen LogP contribution in [-0.4, -0.2) is 43.3 Å². The molecule has 1 amide bonds. The molecule has 1 heterocycles. The Balaban J connectivity index is 2.52. The van der Waals surface area contributed by atoms with Gasteiger partial charge in [0.05, 0.1) is 6.07 Å². The number of hydrogen-bond donors (Lipinski definition) is 1. The van der Waals surface area contributed by atoms with E-state index in [0.29, 0.717) is 19.6 Å². The van der Waals surface area contributed by atoms with Crippen molar-refractivity contribution in [3.63, 3.8) is 0 Å². The van der Waals surface area contributed by atoms with Crippen molar-refractivity contribution in [1.82, 2.24) is 10.2 Å². The maximum absolute atomic E-state index is 11.4. The van der Waals surface area contributed by atoms with E-state index in [1.54, 1.807) is 0 Å². The van der Waals surface area contributed by atoms with Crippen LogP contribution in [0.2, 0.25) is 0 Å². The molecule has 0 bridgehead atoms. The topological polar surface area (TPSA) is 65.4 Å². The van der Waals surface area contributed by atoms with Gasteiger partial charge in [0.2, 0.25) is 0 Å². The van der Waals surface area contributed by atoms with Crippen molar-refractivity contribution < 1.29 is 9.53 Å². The van der Waals surface area contributed by atoms with Gasteiger partial charge in [-0.05, 0) is 0 Å². The molecule has 1 unspecified atom stereocenters. The van der Waals surface area contributed by atoms with Crippen molar-refractivity contribution >= 4 is 6.09 Å². The number of nitrogens with zero attached hydrogens (tertiary/aromatic N) is 2. The Labute approximate surface area is 82.6 Å². The van der Waals surface area contributed by atoms with Crippen LogP contribution in [0.3, 0.4) is 0 Å². The van der Waals surface area contributed by atoms with E-state index < -0.39 is 12.1 Å². The molecule has 0 radical (unpaired) electrons. The zero-order valence-corrected chi connectivity index (χ0v) is 7.69. The predicted octanol–water partition coefficient (Wildman–Crippen LogP) is -0.446. The fourth-order valence-electron chi connectivity index (χ4n) is 1.22. The molecule has 14 heavy (non-hydrogen) atoms. The molecule has 5 heteroatoms. The maximum atomic E-state index is 11.4. The molecule has 1 fully saturated rings. The Kier molecular flexibility index (Phi) is 3.78. The van der Waals surface area contributed by atoms with Gasteiger partial charge in [-0.2, -0.15) is 5.26 Å². The highest BCUT2D eigenvalue weighted by atomic mass is 16.6. The van der Waals surface area contributed by atoms with E-state index in [9.17, 15) is 4.79 Å². The first-order chi connectivity index (χ1) is 6.79. The number of ether oxygens (including phenoxy) is 1. The largest absolute Gasteiger partial charge is 0.436 e. The SMILES string of the molecule is C#CCOC(=O)N1CCNCC1C#N. The van der Waals surface area contributed by atoms with Crippen molar-refractivity contribution in [2.45, 2.75) is 6.04 Å². The van der Waals surface area contributed by atoms with Crippen LogP contribution in [-0.2, 0) is 4.74 Å². The average molecular weight is 193 g/mol. The molecule has 0 aromatic carbocycles. The smallest absolute Gasteiger partial charge is 0.411 e. The lowest BCUT2D eigenvalue weighted by Crippen LogP contribution is -2.53. The molecule has 0 aliphatic carbocycles. The van der Waals surface area contributed by atoms with E-state index in [-0.39, 0.29) is 6.61 Å². The molecule has 1 saturated heterocycles. The zero-order chi connectivity index (χ0) is 10.4. The lowest BCUT2D eigenvalue weighted by atomic mass is 10.2. The van der Waals surface area contributed by atoms with E-state index in [4.69, 9.17) is 16.4 Å². The van der Waals surface area contributed by atoms with Crippen molar-refractivity contribution in [2.24, 2.45) is 0 Å². The second kappa shape index (κ2) is 5.11. The molecule has 1 rings (SSSR count). The minimum Gasteiger partial charge on any atom is -0.436 e. The molecule has 74 valence electrons. The molecule has 0 saturated carbocycles. The highest BCUT2D eigenvalue weighted by Gasteiger charge is 2.27.